The van der Waals surface area contributed by atoms with E-state index in [4.69, 9.17) is 4.74 Å². The monoisotopic (exact) mass is 297 g/mol. The SMILES string of the molecule is CNC(c1ccc(OC)c(Br)c1)C1CCCC1. The average molecular weight is 298 g/mol. The highest BCUT2D eigenvalue weighted by molar-refractivity contribution is 9.10. The van der Waals surface area contributed by atoms with Crippen molar-refractivity contribution in [3.8, 4) is 5.75 Å². The molecule has 3 heteroatoms. The molecule has 2 nitrogen and oxygen atoms in total. The molecule has 0 amide bonds. The molecule has 0 heterocycles. The lowest BCUT2D eigenvalue weighted by atomic mass is 9.92. The van der Waals surface area contributed by atoms with Gasteiger partial charge in [-0.15, -0.1) is 0 Å². The second-order valence-corrected chi connectivity index (χ2v) is 5.56. The number of halogens is 1. The van der Waals surface area contributed by atoms with E-state index in [0.717, 1.165) is 16.1 Å². The van der Waals surface area contributed by atoms with E-state index in [2.05, 4.69) is 40.4 Å². The van der Waals surface area contributed by atoms with E-state index in [1.807, 2.05) is 6.07 Å². The van der Waals surface area contributed by atoms with Crippen LogP contribution in [0.2, 0.25) is 0 Å². The minimum absolute atomic E-state index is 0.472. The van der Waals surface area contributed by atoms with Crippen molar-refractivity contribution in [1.82, 2.24) is 5.32 Å². The molecule has 1 aromatic rings. The molecule has 2 rings (SSSR count). The Kier molecular flexibility index (Phi) is 4.46. The van der Waals surface area contributed by atoms with Gasteiger partial charge in [0.05, 0.1) is 11.6 Å². The van der Waals surface area contributed by atoms with Crippen molar-refractivity contribution >= 4 is 15.9 Å². The molecule has 0 saturated heterocycles. The lowest BCUT2D eigenvalue weighted by Gasteiger charge is -2.24. The van der Waals surface area contributed by atoms with Crippen LogP contribution < -0.4 is 10.1 Å². The van der Waals surface area contributed by atoms with Gasteiger partial charge in [0.25, 0.3) is 0 Å². The predicted molar refractivity (Wildman–Crippen MR) is 74.5 cm³/mol. The molecule has 1 atom stereocenters. The summed E-state index contributed by atoms with van der Waals surface area (Å²) in [7, 11) is 3.76. The number of hydrogen-bond donors (Lipinski definition) is 1. The van der Waals surface area contributed by atoms with Crippen LogP contribution in [0, 0.1) is 5.92 Å². The molecule has 1 unspecified atom stereocenters. The van der Waals surface area contributed by atoms with E-state index in [-0.39, 0.29) is 0 Å². The fraction of sp³-hybridized carbons (Fsp3) is 0.571. The number of rotatable bonds is 4. The second-order valence-electron chi connectivity index (χ2n) is 4.70. The number of hydrogen-bond acceptors (Lipinski definition) is 2. The molecule has 0 aromatic heterocycles. The molecule has 94 valence electrons. The van der Waals surface area contributed by atoms with Gasteiger partial charge in [0, 0.05) is 6.04 Å². The minimum Gasteiger partial charge on any atom is -0.496 e. The number of benzene rings is 1. The molecular formula is C14H20BrNO. The van der Waals surface area contributed by atoms with Crippen LogP contribution in [-0.2, 0) is 0 Å². The van der Waals surface area contributed by atoms with Gasteiger partial charge in [0.15, 0.2) is 0 Å². The van der Waals surface area contributed by atoms with Gasteiger partial charge < -0.3 is 10.1 Å². The van der Waals surface area contributed by atoms with Crippen molar-refractivity contribution in [2.45, 2.75) is 31.7 Å². The summed E-state index contributed by atoms with van der Waals surface area (Å²) < 4.78 is 6.31. The summed E-state index contributed by atoms with van der Waals surface area (Å²) in [4.78, 5) is 0. The van der Waals surface area contributed by atoms with Gasteiger partial charge in [0.1, 0.15) is 5.75 Å². The number of ether oxygens (including phenoxy) is 1. The van der Waals surface area contributed by atoms with Crippen LogP contribution in [0.5, 0.6) is 5.75 Å². The van der Waals surface area contributed by atoms with Gasteiger partial charge in [0.2, 0.25) is 0 Å². The minimum atomic E-state index is 0.472. The zero-order valence-corrected chi connectivity index (χ0v) is 12.1. The Morgan fingerprint density at radius 1 is 1.35 bits per heavy atom. The van der Waals surface area contributed by atoms with Crippen LogP contribution in [0.15, 0.2) is 22.7 Å². The Balaban J connectivity index is 2.21. The highest BCUT2D eigenvalue weighted by atomic mass is 79.9. The Labute approximate surface area is 112 Å². The summed E-state index contributed by atoms with van der Waals surface area (Å²) in [5, 5.41) is 3.46. The molecule has 0 bridgehead atoms. The highest BCUT2D eigenvalue weighted by Crippen LogP contribution is 2.37. The average Bonchev–Trinajstić information content (AvgIpc) is 2.84. The third-order valence-electron chi connectivity index (χ3n) is 3.72. The van der Waals surface area contributed by atoms with Crippen molar-refractivity contribution in [1.29, 1.82) is 0 Å². The molecule has 1 fully saturated rings. The van der Waals surface area contributed by atoms with Crippen LogP contribution in [0.25, 0.3) is 0 Å². The standard InChI is InChI=1S/C14H20BrNO/c1-16-14(10-5-3-4-6-10)11-7-8-13(17-2)12(15)9-11/h7-10,14,16H,3-6H2,1-2H3. The normalized spacial score (nSPS) is 18.3. The zero-order chi connectivity index (χ0) is 12.3. The first-order valence-corrected chi connectivity index (χ1v) is 7.06. The molecule has 1 saturated carbocycles. The summed E-state index contributed by atoms with van der Waals surface area (Å²) in [5.74, 6) is 1.68. The molecule has 17 heavy (non-hydrogen) atoms. The first-order valence-electron chi connectivity index (χ1n) is 6.27. The molecular weight excluding hydrogens is 278 g/mol. The topological polar surface area (TPSA) is 21.3 Å². The van der Waals surface area contributed by atoms with Gasteiger partial charge in [-0.2, -0.15) is 0 Å². The van der Waals surface area contributed by atoms with Gasteiger partial charge in [-0.1, -0.05) is 18.9 Å². The van der Waals surface area contributed by atoms with E-state index >= 15 is 0 Å². The Hall–Kier alpha value is -0.540. The molecule has 0 spiro atoms. The molecule has 0 radical (unpaired) electrons. The van der Waals surface area contributed by atoms with Crippen molar-refractivity contribution in [3.63, 3.8) is 0 Å². The van der Waals surface area contributed by atoms with E-state index in [1.165, 1.54) is 31.2 Å². The first-order chi connectivity index (χ1) is 8.26. The molecule has 0 aliphatic heterocycles. The molecule has 1 N–H and O–H groups in total. The quantitative estimate of drug-likeness (QED) is 0.910. The maximum absolute atomic E-state index is 5.27. The molecule has 1 aliphatic rings. The largest absolute Gasteiger partial charge is 0.496 e. The van der Waals surface area contributed by atoms with Gasteiger partial charge in [-0.3, -0.25) is 0 Å². The first kappa shape index (κ1) is 12.9. The van der Waals surface area contributed by atoms with Crippen molar-refractivity contribution < 1.29 is 4.74 Å². The van der Waals surface area contributed by atoms with Crippen molar-refractivity contribution in [2.75, 3.05) is 14.2 Å². The van der Waals surface area contributed by atoms with E-state index in [9.17, 15) is 0 Å². The van der Waals surface area contributed by atoms with E-state index in [0.29, 0.717) is 6.04 Å². The van der Waals surface area contributed by atoms with Gasteiger partial charge in [-0.25, -0.2) is 0 Å². The Morgan fingerprint density at radius 3 is 2.59 bits per heavy atom. The fourth-order valence-electron chi connectivity index (χ4n) is 2.84. The summed E-state index contributed by atoms with van der Waals surface area (Å²) in [6, 6.07) is 6.86. The van der Waals surface area contributed by atoms with E-state index in [1.54, 1.807) is 7.11 Å². The third-order valence-corrected chi connectivity index (χ3v) is 4.34. The Morgan fingerprint density at radius 2 is 2.06 bits per heavy atom. The van der Waals surface area contributed by atoms with Crippen LogP contribution in [0.4, 0.5) is 0 Å². The van der Waals surface area contributed by atoms with Gasteiger partial charge in [-0.05, 0) is 59.4 Å². The number of nitrogens with one attached hydrogen (secondary N) is 1. The lowest BCUT2D eigenvalue weighted by molar-refractivity contribution is 0.387. The summed E-state index contributed by atoms with van der Waals surface area (Å²) in [6.45, 7) is 0. The molecule has 1 aliphatic carbocycles. The summed E-state index contributed by atoms with van der Waals surface area (Å²) in [6.07, 6.45) is 5.44. The maximum Gasteiger partial charge on any atom is 0.133 e. The lowest BCUT2D eigenvalue weighted by Crippen LogP contribution is -2.23. The zero-order valence-electron chi connectivity index (χ0n) is 10.5. The van der Waals surface area contributed by atoms with Crippen molar-refractivity contribution in [3.05, 3.63) is 28.2 Å². The van der Waals surface area contributed by atoms with Crippen LogP contribution >= 0.6 is 15.9 Å². The van der Waals surface area contributed by atoms with Gasteiger partial charge >= 0.3 is 0 Å². The van der Waals surface area contributed by atoms with Crippen molar-refractivity contribution in [2.24, 2.45) is 5.92 Å². The Bertz CT molecular complexity index is 374. The third kappa shape index (κ3) is 2.83. The number of methoxy groups -OCH3 is 1. The second kappa shape index (κ2) is 5.87. The maximum atomic E-state index is 5.27. The molecule has 1 aromatic carbocycles. The van der Waals surface area contributed by atoms with Crippen LogP contribution in [-0.4, -0.2) is 14.2 Å². The van der Waals surface area contributed by atoms with E-state index < -0.39 is 0 Å². The van der Waals surface area contributed by atoms with Crippen LogP contribution in [0.3, 0.4) is 0 Å². The predicted octanol–water partition coefficient (Wildman–Crippen LogP) is 3.91. The highest BCUT2D eigenvalue weighted by Gasteiger charge is 2.25. The fourth-order valence-corrected chi connectivity index (χ4v) is 3.40. The smallest absolute Gasteiger partial charge is 0.133 e. The summed E-state index contributed by atoms with van der Waals surface area (Å²) >= 11 is 3.56. The van der Waals surface area contributed by atoms with Crippen LogP contribution in [0.1, 0.15) is 37.3 Å². The summed E-state index contributed by atoms with van der Waals surface area (Å²) in [5.41, 5.74) is 1.35.